The Labute approximate surface area is 88.9 Å². The fraction of sp³-hybridized carbons (Fsp3) is 0.364. The summed E-state index contributed by atoms with van der Waals surface area (Å²) in [6, 6.07) is 6.80. The molecule has 0 atom stereocenters. The fourth-order valence-electron chi connectivity index (χ4n) is 1.10. The number of carbonyl (C=O) groups excluding carboxylic acids is 1. The molecule has 2 N–H and O–H groups in total. The van der Waals surface area contributed by atoms with Crippen molar-refractivity contribution in [2.24, 2.45) is 0 Å². The third kappa shape index (κ3) is 3.59. The van der Waals surface area contributed by atoms with Crippen molar-refractivity contribution in [3.8, 4) is 5.75 Å². The van der Waals surface area contributed by atoms with E-state index in [0.717, 1.165) is 12.2 Å². The summed E-state index contributed by atoms with van der Waals surface area (Å²) in [7, 11) is 0. The SMILES string of the molecule is CCCOc1ccc(C(=O)NCO)cc1. The first-order chi connectivity index (χ1) is 7.27. The molecule has 0 radical (unpaired) electrons. The van der Waals surface area contributed by atoms with Gasteiger partial charge in [-0.1, -0.05) is 6.92 Å². The number of aliphatic hydroxyl groups excluding tert-OH is 1. The molecule has 0 aromatic heterocycles. The van der Waals surface area contributed by atoms with Gasteiger partial charge in [-0.25, -0.2) is 0 Å². The molecule has 0 saturated carbocycles. The molecule has 0 aliphatic heterocycles. The Morgan fingerprint density at radius 1 is 1.40 bits per heavy atom. The van der Waals surface area contributed by atoms with Crippen LogP contribution in [-0.2, 0) is 0 Å². The lowest BCUT2D eigenvalue weighted by Gasteiger charge is -2.05. The number of rotatable bonds is 5. The predicted molar refractivity (Wildman–Crippen MR) is 56.8 cm³/mol. The Hall–Kier alpha value is -1.55. The van der Waals surface area contributed by atoms with E-state index in [1.54, 1.807) is 24.3 Å². The lowest BCUT2D eigenvalue weighted by molar-refractivity contribution is 0.0910. The molecular formula is C11H15NO3. The van der Waals surface area contributed by atoms with Crippen LogP contribution >= 0.6 is 0 Å². The van der Waals surface area contributed by atoms with Crippen LogP contribution in [0.25, 0.3) is 0 Å². The normalized spacial score (nSPS) is 9.73. The first-order valence-corrected chi connectivity index (χ1v) is 4.90. The lowest BCUT2D eigenvalue weighted by atomic mass is 10.2. The zero-order valence-corrected chi connectivity index (χ0v) is 8.69. The molecule has 4 heteroatoms. The van der Waals surface area contributed by atoms with E-state index in [-0.39, 0.29) is 12.6 Å². The van der Waals surface area contributed by atoms with Gasteiger partial charge in [-0.2, -0.15) is 0 Å². The summed E-state index contributed by atoms with van der Waals surface area (Å²) in [6.45, 7) is 2.35. The minimum absolute atomic E-state index is 0.292. The van der Waals surface area contributed by atoms with Crippen molar-refractivity contribution in [2.75, 3.05) is 13.3 Å². The number of amides is 1. The van der Waals surface area contributed by atoms with Gasteiger partial charge in [-0.15, -0.1) is 0 Å². The van der Waals surface area contributed by atoms with Gasteiger partial charge in [-0.05, 0) is 30.7 Å². The fourth-order valence-corrected chi connectivity index (χ4v) is 1.10. The molecule has 0 unspecified atom stereocenters. The smallest absolute Gasteiger partial charge is 0.253 e. The molecule has 0 heterocycles. The first-order valence-electron chi connectivity index (χ1n) is 4.90. The maximum atomic E-state index is 11.3. The van der Waals surface area contributed by atoms with E-state index in [9.17, 15) is 4.79 Å². The molecule has 0 aliphatic carbocycles. The maximum absolute atomic E-state index is 11.3. The van der Waals surface area contributed by atoms with Crippen LogP contribution in [0.15, 0.2) is 24.3 Å². The van der Waals surface area contributed by atoms with Gasteiger partial charge in [0.05, 0.1) is 6.61 Å². The zero-order valence-electron chi connectivity index (χ0n) is 8.69. The third-order valence-electron chi connectivity index (χ3n) is 1.83. The number of benzene rings is 1. The molecule has 0 aliphatic rings. The summed E-state index contributed by atoms with van der Waals surface area (Å²) < 4.78 is 5.37. The van der Waals surface area contributed by atoms with Crippen LogP contribution in [0.2, 0.25) is 0 Å². The molecule has 15 heavy (non-hydrogen) atoms. The minimum Gasteiger partial charge on any atom is -0.494 e. The van der Waals surface area contributed by atoms with E-state index in [2.05, 4.69) is 5.32 Å². The average Bonchev–Trinajstić information content (AvgIpc) is 2.27. The molecule has 0 saturated heterocycles. The van der Waals surface area contributed by atoms with Crippen LogP contribution in [0, 0.1) is 0 Å². The Morgan fingerprint density at radius 2 is 2.07 bits per heavy atom. The van der Waals surface area contributed by atoms with Crippen LogP contribution in [0.5, 0.6) is 5.75 Å². The van der Waals surface area contributed by atoms with Crippen LogP contribution in [0.4, 0.5) is 0 Å². The minimum atomic E-state index is -0.354. The molecule has 1 aromatic carbocycles. The van der Waals surface area contributed by atoms with Crippen molar-refractivity contribution in [1.82, 2.24) is 5.32 Å². The number of hydrogen-bond donors (Lipinski definition) is 2. The first kappa shape index (κ1) is 11.5. The Bertz CT molecular complexity index is 308. The monoisotopic (exact) mass is 209 g/mol. The summed E-state index contributed by atoms with van der Waals surface area (Å²) in [4.78, 5) is 11.3. The second-order valence-corrected chi connectivity index (χ2v) is 3.04. The molecule has 0 spiro atoms. The van der Waals surface area contributed by atoms with E-state index >= 15 is 0 Å². The van der Waals surface area contributed by atoms with Crippen LogP contribution in [0.3, 0.4) is 0 Å². The van der Waals surface area contributed by atoms with Crippen molar-refractivity contribution >= 4 is 5.91 Å². The van der Waals surface area contributed by atoms with Gasteiger partial charge in [0, 0.05) is 5.56 Å². The van der Waals surface area contributed by atoms with E-state index in [4.69, 9.17) is 9.84 Å². The number of ether oxygens (including phenoxy) is 1. The summed E-state index contributed by atoms with van der Waals surface area (Å²) in [6.07, 6.45) is 0.951. The van der Waals surface area contributed by atoms with E-state index in [1.165, 1.54) is 0 Å². The molecule has 1 amide bonds. The van der Waals surface area contributed by atoms with E-state index in [0.29, 0.717) is 12.2 Å². The lowest BCUT2D eigenvalue weighted by Crippen LogP contribution is -2.23. The van der Waals surface area contributed by atoms with Crippen LogP contribution in [0.1, 0.15) is 23.7 Å². The van der Waals surface area contributed by atoms with Gasteiger partial charge in [0.1, 0.15) is 12.5 Å². The highest BCUT2D eigenvalue weighted by atomic mass is 16.5. The number of carbonyl (C=O) groups is 1. The summed E-state index contributed by atoms with van der Waals surface area (Å²) in [5, 5.41) is 10.8. The van der Waals surface area contributed by atoms with Gasteiger partial charge < -0.3 is 15.2 Å². The van der Waals surface area contributed by atoms with E-state index in [1.807, 2.05) is 6.92 Å². The molecular weight excluding hydrogens is 194 g/mol. The number of nitrogens with one attached hydrogen (secondary N) is 1. The molecule has 82 valence electrons. The van der Waals surface area contributed by atoms with Gasteiger partial charge >= 0.3 is 0 Å². The van der Waals surface area contributed by atoms with E-state index < -0.39 is 0 Å². The molecule has 1 aromatic rings. The highest BCUT2D eigenvalue weighted by Gasteiger charge is 2.03. The average molecular weight is 209 g/mol. The van der Waals surface area contributed by atoms with Crippen molar-refractivity contribution in [3.63, 3.8) is 0 Å². The summed E-state index contributed by atoms with van der Waals surface area (Å²) in [5.74, 6) is 0.455. The second-order valence-electron chi connectivity index (χ2n) is 3.04. The largest absolute Gasteiger partial charge is 0.494 e. The molecule has 1 rings (SSSR count). The summed E-state index contributed by atoms with van der Waals surface area (Å²) in [5.41, 5.74) is 0.507. The second kappa shape index (κ2) is 6.03. The molecule has 4 nitrogen and oxygen atoms in total. The molecule has 0 bridgehead atoms. The standard InChI is InChI=1S/C11H15NO3/c1-2-7-15-10-5-3-9(4-6-10)11(14)12-8-13/h3-6,13H,2,7-8H2,1H3,(H,12,14). The van der Waals surface area contributed by atoms with Crippen molar-refractivity contribution in [1.29, 1.82) is 0 Å². The maximum Gasteiger partial charge on any atom is 0.253 e. The Morgan fingerprint density at radius 3 is 2.60 bits per heavy atom. The Kier molecular flexibility index (Phi) is 4.63. The Balaban J connectivity index is 2.59. The quantitative estimate of drug-likeness (QED) is 0.715. The van der Waals surface area contributed by atoms with Gasteiger partial charge in [0.2, 0.25) is 0 Å². The van der Waals surface area contributed by atoms with Crippen LogP contribution < -0.4 is 10.1 Å². The molecule has 0 fully saturated rings. The van der Waals surface area contributed by atoms with Crippen molar-refractivity contribution in [2.45, 2.75) is 13.3 Å². The zero-order chi connectivity index (χ0) is 11.1. The third-order valence-corrected chi connectivity index (χ3v) is 1.83. The van der Waals surface area contributed by atoms with Crippen molar-refractivity contribution < 1.29 is 14.6 Å². The predicted octanol–water partition coefficient (Wildman–Crippen LogP) is 1.16. The topological polar surface area (TPSA) is 58.6 Å². The summed E-state index contributed by atoms with van der Waals surface area (Å²) >= 11 is 0. The van der Waals surface area contributed by atoms with Crippen LogP contribution in [-0.4, -0.2) is 24.4 Å². The number of hydrogen-bond acceptors (Lipinski definition) is 3. The number of aliphatic hydroxyl groups is 1. The highest BCUT2D eigenvalue weighted by Crippen LogP contribution is 2.12. The van der Waals surface area contributed by atoms with Gasteiger partial charge in [0.25, 0.3) is 5.91 Å². The van der Waals surface area contributed by atoms with Crippen molar-refractivity contribution in [3.05, 3.63) is 29.8 Å². The highest BCUT2D eigenvalue weighted by molar-refractivity contribution is 5.94. The van der Waals surface area contributed by atoms with Gasteiger partial charge in [-0.3, -0.25) is 4.79 Å². The van der Waals surface area contributed by atoms with Gasteiger partial charge in [0.15, 0.2) is 0 Å².